The zero-order valence-electron chi connectivity index (χ0n) is 17.5. The highest BCUT2D eigenvalue weighted by atomic mass is 19.1. The van der Waals surface area contributed by atoms with E-state index in [1.54, 1.807) is 6.20 Å². The second kappa shape index (κ2) is 7.39. The highest BCUT2D eigenvalue weighted by Crippen LogP contribution is 2.34. The lowest BCUT2D eigenvalue weighted by molar-refractivity contribution is 0.627. The highest BCUT2D eigenvalue weighted by molar-refractivity contribution is 6.00. The Morgan fingerprint density at radius 1 is 0.969 bits per heavy atom. The van der Waals surface area contributed by atoms with Crippen LogP contribution in [0.25, 0.3) is 50.0 Å². The molecule has 6 nitrogen and oxygen atoms in total. The molecule has 32 heavy (non-hydrogen) atoms. The monoisotopic (exact) mass is 424 g/mol. The second-order valence-corrected chi connectivity index (χ2v) is 8.19. The molecule has 0 fully saturated rings. The molecule has 0 amide bonds. The van der Waals surface area contributed by atoms with Crippen LogP contribution in [-0.4, -0.2) is 38.2 Å². The zero-order valence-corrected chi connectivity index (χ0v) is 17.5. The fourth-order valence-corrected chi connectivity index (χ4v) is 4.44. The number of pyridine rings is 2. The number of nitrogens with one attached hydrogen (secondary N) is 3. The van der Waals surface area contributed by atoms with Gasteiger partial charge in [0, 0.05) is 34.6 Å². The van der Waals surface area contributed by atoms with E-state index in [0.717, 1.165) is 75.2 Å². The lowest BCUT2D eigenvalue weighted by Crippen LogP contribution is -2.20. The first kappa shape index (κ1) is 18.9. The molecule has 7 heteroatoms. The normalized spacial score (nSPS) is 14.2. The van der Waals surface area contributed by atoms with Crippen LogP contribution in [0.15, 0.2) is 54.9 Å². The molecule has 0 unspecified atom stereocenters. The highest BCUT2D eigenvalue weighted by Gasteiger charge is 2.16. The molecule has 158 valence electrons. The fraction of sp³-hybridized carbons (Fsp3) is 0.160. The summed E-state index contributed by atoms with van der Waals surface area (Å²) in [6.45, 7) is 3.71. The number of aromatic nitrogens is 5. The molecule has 0 aliphatic carbocycles. The fourth-order valence-electron chi connectivity index (χ4n) is 4.44. The van der Waals surface area contributed by atoms with Crippen molar-refractivity contribution in [3.63, 3.8) is 0 Å². The number of hydrogen-bond donors (Lipinski definition) is 3. The Bertz CT molecular complexity index is 1490. The molecule has 1 aromatic carbocycles. The summed E-state index contributed by atoms with van der Waals surface area (Å²) in [5.74, 6) is -0.264. The third-order valence-electron chi connectivity index (χ3n) is 5.96. The van der Waals surface area contributed by atoms with Crippen LogP contribution in [0.5, 0.6) is 0 Å². The van der Waals surface area contributed by atoms with Crippen LogP contribution >= 0.6 is 0 Å². The van der Waals surface area contributed by atoms with Crippen molar-refractivity contribution in [3.8, 4) is 22.6 Å². The van der Waals surface area contributed by atoms with Crippen molar-refractivity contribution >= 4 is 27.4 Å². The second-order valence-electron chi connectivity index (χ2n) is 8.19. The van der Waals surface area contributed by atoms with Crippen molar-refractivity contribution in [3.05, 3.63) is 71.9 Å². The number of halogens is 1. The summed E-state index contributed by atoms with van der Waals surface area (Å²) in [6, 6.07) is 11.1. The molecule has 0 bridgehead atoms. The maximum Gasteiger partial charge on any atom is 0.124 e. The number of nitrogens with zero attached hydrogens (tertiary/aromatic N) is 3. The maximum atomic E-state index is 14.0. The van der Waals surface area contributed by atoms with Crippen molar-refractivity contribution in [2.75, 3.05) is 13.1 Å². The average molecular weight is 424 g/mol. The molecule has 3 N–H and O–H groups in total. The molecule has 5 aromatic rings. The molecule has 0 radical (unpaired) electrons. The minimum atomic E-state index is -0.264. The summed E-state index contributed by atoms with van der Waals surface area (Å²) < 4.78 is 14.0. The summed E-state index contributed by atoms with van der Waals surface area (Å²) in [5, 5.41) is 12.9. The van der Waals surface area contributed by atoms with E-state index >= 15 is 0 Å². The van der Waals surface area contributed by atoms with Gasteiger partial charge in [-0.2, -0.15) is 5.10 Å². The van der Waals surface area contributed by atoms with Crippen LogP contribution < -0.4 is 5.32 Å². The number of aromatic amines is 2. The van der Waals surface area contributed by atoms with Gasteiger partial charge in [0.25, 0.3) is 0 Å². The standard InChI is InChI=1S/C25H21FN6/c1-14-8-16(10-17(26)9-14)24-18-12-22(30-20(18)4-7-28-24)25-19-11-21(15-2-5-27-6-3-15)29-13-23(19)31-32-25/h2,4,7-13,27,30H,3,5-6H2,1H3,(H,31,32). The van der Waals surface area contributed by atoms with Crippen molar-refractivity contribution < 1.29 is 4.39 Å². The summed E-state index contributed by atoms with van der Waals surface area (Å²) in [4.78, 5) is 12.6. The SMILES string of the molecule is Cc1cc(F)cc(-c2nccc3[nH]c(-c4n[nH]c5cnc(C6=CCNCC6)cc45)cc23)c1. The number of hydrogen-bond acceptors (Lipinski definition) is 4. The Morgan fingerprint density at radius 2 is 1.88 bits per heavy atom. The first-order chi connectivity index (χ1) is 15.7. The maximum absolute atomic E-state index is 14.0. The van der Waals surface area contributed by atoms with Crippen LogP contribution in [0.1, 0.15) is 17.7 Å². The van der Waals surface area contributed by atoms with Gasteiger partial charge in [0.05, 0.1) is 28.8 Å². The molecular formula is C25H21FN6. The molecule has 0 atom stereocenters. The van der Waals surface area contributed by atoms with E-state index in [4.69, 9.17) is 0 Å². The van der Waals surface area contributed by atoms with E-state index in [1.165, 1.54) is 17.7 Å². The van der Waals surface area contributed by atoms with E-state index in [-0.39, 0.29) is 5.82 Å². The molecule has 1 aliphatic rings. The van der Waals surface area contributed by atoms with Crippen LogP contribution in [0.2, 0.25) is 0 Å². The third kappa shape index (κ3) is 3.18. The predicted octanol–water partition coefficient (Wildman–Crippen LogP) is 4.99. The molecular weight excluding hydrogens is 403 g/mol. The van der Waals surface area contributed by atoms with E-state index in [2.05, 4.69) is 42.6 Å². The van der Waals surface area contributed by atoms with E-state index in [1.807, 2.05) is 31.3 Å². The predicted molar refractivity (Wildman–Crippen MR) is 125 cm³/mol. The van der Waals surface area contributed by atoms with Crippen molar-refractivity contribution in [2.45, 2.75) is 13.3 Å². The zero-order chi connectivity index (χ0) is 21.7. The van der Waals surface area contributed by atoms with E-state index in [0.29, 0.717) is 0 Å². The number of rotatable bonds is 3. The van der Waals surface area contributed by atoms with Gasteiger partial charge in [0.1, 0.15) is 11.5 Å². The molecule has 6 rings (SSSR count). The van der Waals surface area contributed by atoms with Gasteiger partial charge >= 0.3 is 0 Å². The quantitative estimate of drug-likeness (QED) is 0.381. The molecule has 5 heterocycles. The summed E-state index contributed by atoms with van der Waals surface area (Å²) in [7, 11) is 0. The molecule has 0 spiro atoms. The van der Waals surface area contributed by atoms with Gasteiger partial charge in [-0.25, -0.2) is 4.39 Å². The minimum Gasteiger partial charge on any atom is -0.353 e. The smallest absolute Gasteiger partial charge is 0.124 e. The topological polar surface area (TPSA) is 82.3 Å². The average Bonchev–Trinajstić information content (AvgIpc) is 3.42. The van der Waals surface area contributed by atoms with Gasteiger partial charge < -0.3 is 10.3 Å². The Hall–Kier alpha value is -3.84. The Kier molecular flexibility index (Phi) is 4.36. The van der Waals surface area contributed by atoms with Gasteiger partial charge in [0.2, 0.25) is 0 Å². The van der Waals surface area contributed by atoms with Crippen LogP contribution in [-0.2, 0) is 0 Å². The Balaban J connectivity index is 1.49. The van der Waals surface area contributed by atoms with Gasteiger partial charge in [-0.1, -0.05) is 6.08 Å². The third-order valence-corrected chi connectivity index (χ3v) is 5.96. The number of H-pyrrole nitrogens is 2. The van der Waals surface area contributed by atoms with Gasteiger partial charge in [-0.05, 0) is 67.4 Å². The van der Waals surface area contributed by atoms with Crippen molar-refractivity contribution in [1.29, 1.82) is 0 Å². The van der Waals surface area contributed by atoms with E-state index < -0.39 is 0 Å². The largest absolute Gasteiger partial charge is 0.353 e. The first-order valence-electron chi connectivity index (χ1n) is 10.7. The van der Waals surface area contributed by atoms with Crippen LogP contribution in [0.3, 0.4) is 0 Å². The summed E-state index contributed by atoms with van der Waals surface area (Å²) in [5.41, 5.74) is 8.12. The Morgan fingerprint density at radius 3 is 2.72 bits per heavy atom. The van der Waals surface area contributed by atoms with Crippen LogP contribution in [0.4, 0.5) is 4.39 Å². The van der Waals surface area contributed by atoms with Crippen molar-refractivity contribution in [2.24, 2.45) is 0 Å². The lowest BCUT2D eigenvalue weighted by Gasteiger charge is -2.13. The molecule has 4 aromatic heterocycles. The van der Waals surface area contributed by atoms with E-state index in [9.17, 15) is 4.39 Å². The molecule has 0 saturated heterocycles. The Labute approximate surface area is 183 Å². The van der Waals surface area contributed by atoms with Crippen LogP contribution in [0, 0.1) is 12.7 Å². The number of benzene rings is 1. The lowest BCUT2D eigenvalue weighted by atomic mass is 10.0. The molecule has 0 saturated carbocycles. The minimum absolute atomic E-state index is 0.264. The van der Waals surface area contributed by atoms with Gasteiger partial charge in [-0.15, -0.1) is 0 Å². The summed E-state index contributed by atoms with van der Waals surface area (Å²) >= 11 is 0. The van der Waals surface area contributed by atoms with Crippen molar-refractivity contribution in [1.82, 2.24) is 30.5 Å². The molecule has 1 aliphatic heterocycles. The summed E-state index contributed by atoms with van der Waals surface area (Å²) in [6.07, 6.45) is 6.74. The van der Waals surface area contributed by atoms with Gasteiger partial charge in [-0.3, -0.25) is 15.1 Å². The first-order valence-corrected chi connectivity index (χ1v) is 10.7. The number of fused-ring (bicyclic) bond motifs is 2. The van der Waals surface area contributed by atoms with Gasteiger partial charge in [0.15, 0.2) is 0 Å². The number of aryl methyl sites for hydroxylation is 1.